The summed E-state index contributed by atoms with van der Waals surface area (Å²) in [5, 5.41) is 3.09. The number of nitrogens with zero attached hydrogens (tertiary/aromatic N) is 2. The zero-order valence-electron chi connectivity index (χ0n) is 19.8. The number of hydrogen-bond acceptors (Lipinski definition) is 6. The molecular weight excluding hydrogens is 452 g/mol. The summed E-state index contributed by atoms with van der Waals surface area (Å²) in [4.78, 5) is 20.4. The number of sulfonamides is 1. The molecule has 9 heteroatoms. The third kappa shape index (κ3) is 5.10. The summed E-state index contributed by atoms with van der Waals surface area (Å²) in [5.74, 6) is 0.679. The van der Waals surface area contributed by atoms with Gasteiger partial charge in [-0.05, 0) is 61.7 Å². The number of ether oxygens (including phenoxy) is 1. The molecule has 2 aliphatic rings. The van der Waals surface area contributed by atoms with Crippen LogP contribution in [0.5, 0.6) is 5.75 Å². The van der Waals surface area contributed by atoms with Crippen LogP contribution < -0.4 is 14.8 Å². The third-order valence-electron chi connectivity index (χ3n) is 6.38. The summed E-state index contributed by atoms with van der Waals surface area (Å²) in [6.07, 6.45) is 2.28. The average molecular weight is 485 g/mol. The summed E-state index contributed by atoms with van der Waals surface area (Å²) < 4.78 is 32.7. The molecule has 0 spiro atoms. The summed E-state index contributed by atoms with van der Waals surface area (Å²) in [6.45, 7) is 6.24. The molecule has 4 rings (SSSR count). The Labute approximate surface area is 201 Å². The molecule has 0 radical (unpaired) electrons. The maximum absolute atomic E-state index is 13.3. The normalized spacial score (nSPS) is 20.1. The van der Waals surface area contributed by atoms with Gasteiger partial charge in [-0.3, -0.25) is 19.4 Å². The van der Waals surface area contributed by atoms with Gasteiger partial charge < -0.3 is 10.1 Å². The fourth-order valence-corrected chi connectivity index (χ4v) is 5.76. The number of carbonyl (C=O) groups is 1. The van der Waals surface area contributed by atoms with Gasteiger partial charge in [0.15, 0.2) is 0 Å². The third-order valence-corrected chi connectivity index (χ3v) is 7.78. The van der Waals surface area contributed by atoms with Gasteiger partial charge in [0.05, 0.1) is 18.0 Å². The van der Waals surface area contributed by atoms with Gasteiger partial charge in [0, 0.05) is 12.1 Å². The molecule has 0 bridgehead atoms. The fourth-order valence-electron chi connectivity index (χ4n) is 4.52. The molecule has 1 unspecified atom stereocenters. The van der Waals surface area contributed by atoms with Crippen LogP contribution in [0.1, 0.15) is 43.9 Å². The van der Waals surface area contributed by atoms with Crippen LogP contribution in [0.4, 0.5) is 0 Å². The van der Waals surface area contributed by atoms with E-state index >= 15 is 0 Å². The predicted octanol–water partition coefficient (Wildman–Crippen LogP) is 2.71. The van der Waals surface area contributed by atoms with E-state index < -0.39 is 16.1 Å². The topological polar surface area (TPSA) is 100 Å². The Bertz CT molecular complexity index is 1160. The Morgan fingerprint density at radius 2 is 1.79 bits per heavy atom. The van der Waals surface area contributed by atoms with Crippen molar-refractivity contribution in [2.75, 3.05) is 26.7 Å². The van der Waals surface area contributed by atoms with Crippen molar-refractivity contribution in [2.45, 2.75) is 43.7 Å². The number of amides is 1. The molecule has 2 heterocycles. The van der Waals surface area contributed by atoms with Gasteiger partial charge >= 0.3 is 0 Å². The molecule has 2 aromatic rings. The number of fused-ring (bicyclic) bond motifs is 1. The molecule has 2 atom stereocenters. The zero-order valence-corrected chi connectivity index (χ0v) is 20.6. The minimum absolute atomic E-state index is 0.0449. The van der Waals surface area contributed by atoms with Crippen molar-refractivity contribution < 1.29 is 17.9 Å². The Morgan fingerprint density at radius 3 is 2.44 bits per heavy atom. The summed E-state index contributed by atoms with van der Waals surface area (Å²) in [7, 11) is -2.02. The lowest BCUT2D eigenvalue weighted by atomic mass is 10.0. The molecule has 0 aromatic heterocycles. The van der Waals surface area contributed by atoms with E-state index in [1.54, 1.807) is 31.4 Å². The first kappa shape index (κ1) is 24.2. The fraction of sp³-hybridized carbons (Fsp3) is 0.440. The van der Waals surface area contributed by atoms with Crippen LogP contribution in [0, 0.1) is 5.92 Å². The van der Waals surface area contributed by atoms with Gasteiger partial charge in [0.25, 0.3) is 10.0 Å². The molecule has 2 N–H and O–H groups in total. The van der Waals surface area contributed by atoms with Gasteiger partial charge in [-0.15, -0.1) is 0 Å². The Balaban J connectivity index is 1.53. The first-order valence-electron chi connectivity index (χ1n) is 11.7. The second-order valence-corrected chi connectivity index (χ2v) is 10.7. The lowest BCUT2D eigenvalue weighted by Crippen LogP contribution is -2.43. The van der Waals surface area contributed by atoms with E-state index in [-0.39, 0.29) is 28.6 Å². The van der Waals surface area contributed by atoms with Crippen LogP contribution in [0.15, 0.2) is 58.4 Å². The van der Waals surface area contributed by atoms with Gasteiger partial charge in [-0.25, -0.2) is 8.42 Å². The zero-order chi connectivity index (χ0) is 24.3. The highest BCUT2D eigenvalue weighted by molar-refractivity contribution is 7.90. The van der Waals surface area contributed by atoms with E-state index in [2.05, 4.69) is 19.9 Å². The van der Waals surface area contributed by atoms with E-state index in [4.69, 9.17) is 4.74 Å². The van der Waals surface area contributed by atoms with Crippen LogP contribution >= 0.6 is 0 Å². The maximum Gasteiger partial charge on any atom is 0.263 e. The lowest BCUT2D eigenvalue weighted by Gasteiger charge is -2.29. The van der Waals surface area contributed by atoms with Crippen molar-refractivity contribution >= 4 is 21.8 Å². The van der Waals surface area contributed by atoms with E-state index in [0.717, 1.165) is 37.2 Å². The lowest BCUT2D eigenvalue weighted by molar-refractivity contribution is -0.123. The van der Waals surface area contributed by atoms with Gasteiger partial charge in [-0.1, -0.05) is 38.1 Å². The van der Waals surface area contributed by atoms with Crippen LogP contribution in [0.2, 0.25) is 0 Å². The van der Waals surface area contributed by atoms with Crippen molar-refractivity contribution in [2.24, 2.45) is 10.9 Å². The average Bonchev–Trinajstić information content (AvgIpc) is 3.44. The van der Waals surface area contributed by atoms with E-state index in [1.165, 1.54) is 0 Å². The molecule has 1 saturated heterocycles. The monoisotopic (exact) mass is 484 g/mol. The first-order valence-corrected chi connectivity index (χ1v) is 13.1. The Kier molecular flexibility index (Phi) is 7.23. The number of hydrogen-bond donors (Lipinski definition) is 2. The summed E-state index contributed by atoms with van der Waals surface area (Å²) in [5.41, 5.74) is 1.61. The number of benzene rings is 2. The Morgan fingerprint density at radius 1 is 1.12 bits per heavy atom. The minimum Gasteiger partial charge on any atom is -0.497 e. The van der Waals surface area contributed by atoms with Crippen molar-refractivity contribution in [3.63, 3.8) is 0 Å². The number of likely N-dealkylation sites (tertiary alicyclic amines) is 1. The summed E-state index contributed by atoms with van der Waals surface area (Å²) in [6, 6.07) is 14.0. The van der Waals surface area contributed by atoms with Crippen LogP contribution in [0.25, 0.3) is 0 Å². The van der Waals surface area contributed by atoms with Gasteiger partial charge in [0.1, 0.15) is 17.6 Å². The second kappa shape index (κ2) is 10.1. The minimum atomic E-state index is -3.66. The Hall–Kier alpha value is -2.91. The van der Waals surface area contributed by atoms with Crippen molar-refractivity contribution in [3.05, 3.63) is 59.7 Å². The van der Waals surface area contributed by atoms with Crippen molar-refractivity contribution in [1.29, 1.82) is 0 Å². The van der Waals surface area contributed by atoms with Crippen LogP contribution in [0.3, 0.4) is 0 Å². The molecule has 2 aromatic carbocycles. The molecule has 8 nitrogen and oxygen atoms in total. The van der Waals surface area contributed by atoms with Gasteiger partial charge in [0.2, 0.25) is 5.91 Å². The van der Waals surface area contributed by atoms with Crippen LogP contribution in [-0.4, -0.2) is 57.8 Å². The summed E-state index contributed by atoms with van der Waals surface area (Å²) >= 11 is 0. The molecule has 1 fully saturated rings. The highest BCUT2D eigenvalue weighted by atomic mass is 32.2. The number of nitrogens with one attached hydrogen (secondary N) is 2. The van der Waals surface area contributed by atoms with Crippen molar-refractivity contribution in [3.8, 4) is 5.75 Å². The standard InChI is InChI=1S/C25H32N4O4S/c1-17(2)23(27-24-20-8-4-5-9-22(20)34(31,32)28-24)25(30)26-16-21(29-14-6-7-15-29)18-10-12-19(33-3)13-11-18/h4-5,8-13,17,21,23H,6-7,14-16H2,1-3H3,(H,26,30)(H,27,28)/t21?,23-/m0/s1. The SMILES string of the molecule is COc1ccc(C(CNC(=O)[C@@H](N=C2NS(=O)(=O)c3ccccc32)C(C)C)N2CCCC2)cc1. The number of amidine groups is 1. The van der Waals surface area contributed by atoms with E-state index in [0.29, 0.717) is 12.1 Å². The molecule has 1 amide bonds. The number of carbonyl (C=O) groups excluding carboxylic acids is 1. The van der Waals surface area contributed by atoms with E-state index in [9.17, 15) is 13.2 Å². The van der Waals surface area contributed by atoms with Crippen LogP contribution in [-0.2, 0) is 14.8 Å². The van der Waals surface area contributed by atoms with Gasteiger partial charge in [-0.2, -0.15) is 0 Å². The molecule has 0 aliphatic carbocycles. The molecule has 0 saturated carbocycles. The first-order chi connectivity index (χ1) is 16.3. The highest BCUT2D eigenvalue weighted by Crippen LogP contribution is 2.27. The smallest absolute Gasteiger partial charge is 0.263 e. The number of rotatable bonds is 8. The van der Waals surface area contributed by atoms with Crippen molar-refractivity contribution in [1.82, 2.24) is 14.9 Å². The molecule has 182 valence electrons. The maximum atomic E-state index is 13.3. The molecule has 34 heavy (non-hydrogen) atoms. The molecular formula is C25H32N4O4S. The molecule has 2 aliphatic heterocycles. The second-order valence-electron chi connectivity index (χ2n) is 9.05. The quantitative estimate of drug-likeness (QED) is 0.600. The number of methoxy groups -OCH3 is 1. The predicted molar refractivity (Wildman–Crippen MR) is 131 cm³/mol. The number of aliphatic imine (C=N–C) groups is 1. The highest BCUT2D eigenvalue weighted by Gasteiger charge is 2.33. The van der Waals surface area contributed by atoms with E-state index in [1.807, 2.05) is 38.1 Å². The largest absolute Gasteiger partial charge is 0.497 e.